The molecule has 1 aliphatic heterocycles. The van der Waals surface area contributed by atoms with Crippen LogP contribution in [0.1, 0.15) is 66.0 Å². The van der Waals surface area contributed by atoms with E-state index in [1.54, 1.807) is 0 Å². The first-order valence-corrected chi connectivity index (χ1v) is 8.50. The lowest BCUT2D eigenvalue weighted by Gasteiger charge is -2.38. The molecule has 1 N–H and O–H groups in total. The summed E-state index contributed by atoms with van der Waals surface area (Å²) in [6, 6.07) is 6.52. The molecular formula is C19H31NO2. The Hall–Kier alpha value is -1.22. The van der Waals surface area contributed by atoms with Gasteiger partial charge in [0.15, 0.2) is 0 Å². The van der Waals surface area contributed by atoms with Crippen LogP contribution in [0.3, 0.4) is 0 Å². The van der Waals surface area contributed by atoms with Crippen LogP contribution in [0.5, 0.6) is 11.5 Å². The van der Waals surface area contributed by atoms with Gasteiger partial charge in [-0.2, -0.15) is 0 Å². The Bertz CT molecular complexity index is 494. The first kappa shape index (κ1) is 17.1. The van der Waals surface area contributed by atoms with Crippen LogP contribution in [-0.4, -0.2) is 18.2 Å². The average molecular weight is 305 g/mol. The van der Waals surface area contributed by atoms with Crippen LogP contribution < -0.4 is 14.8 Å². The monoisotopic (exact) mass is 305 g/mol. The largest absolute Gasteiger partial charge is 0.491 e. The van der Waals surface area contributed by atoms with Crippen molar-refractivity contribution in [3.05, 3.63) is 23.8 Å². The van der Waals surface area contributed by atoms with Crippen LogP contribution in [-0.2, 0) is 0 Å². The minimum Gasteiger partial charge on any atom is -0.491 e. The van der Waals surface area contributed by atoms with Crippen molar-refractivity contribution in [2.45, 2.75) is 72.1 Å². The summed E-state index contributed by atoms with van der Waals surface area (Å²) in [6.07, 6.45) is 2.35. The highest BCUT2D eigenvalue weighted by atomic mass is 16.5. The number of hydrogen-bond acceptors (Lipinski definition) is 3. The van der Waals surface area contributed by atoms with Gasteiger partial charge in [-0.1, -0.05) is 13.8 Å². The molecule has 1 aliphatic rings. The minimum absolute atomic E-state index is 0.136. The molecule has 124 valence electrons. The molecule has 1 aromatic carbocycles. The zero-order valence-electron chi connectivity index (χ0n) is 14.9. The highest BCUT2D eigenvalue weighted by Crippen LogP contribution is 2.41. The number of rotatable bonds is 6. The predicted octanol–water partition coefficient (Wildman–Crippen LogP) is 4.71. The molecule has 0 bridgehead atoms. The van der Waals surface area contributed by atoms with Crippen molar-refractivity contribution < 1.29 is 9.47 Å². The Labute approximate surface area is 135 Å². The van der Waals surface area contributed by atoms with Gasteiger partial charge in [0.2, 0.25) is 0 Å². The Morgan fingerprint density at radius 2 is 2.00 bits per heavy atom. The third-order valence-corrected chi connectivity index (χ3v) is 3.92. The summed E-state index contributed by atoms with van der Waals surface area (Å²) in [5, 5.41) is 3.71. The normalized spacial score (nSPS) is 19.9. The van der Waals surface area contributed by atoms with Gasteiger partial charge in [-0.25, -0.2) is 0 Å². The molecule has 1 atom stereocenters. The topological polar surface area (TPSA) is 30.5 Å². The lowest BCUT2D eigenvalue weighted by atomic mass is 9.89. The van der Waals surface area contributed by atoms with E-state index in [0.29, 0.717) is 6.04 Å². The summed E-state index contributed by atoms with van der Waals surface area (Å²) >= 11 is 0. The first-order valence-electron chi connectivity index (χ1n) is 8.50. The molecule has 0 fully saturated rings. The Kier molecular flexibility index (Phi) is 5.38. The van der Waals surface area contributed by atoms with Crippen molar-refractivity contribution in [1.29, 1.82) is 0 Å². The van der Waals surface area contributed by atoms with E-state index in [4.69, 9.17) is 9.47 Å². The maximum absolute atomic E-state index is 6.14. The molecule has 0 saturated heterocycles. The third kappa shape index (κ3) is 4.64. The molecule has 0 saturated carbocycles. The number of benzene rings is 1. The van der Waals surface area contributed by atoms with Crippen molar-refractivity contribution in [2.75, 3.05) is 6.54 Å². The van der Waals surface area contributed by atoms with Crippen LogP contribution in [0.15, 0.2) is 18.2 Å². The van der Waals surface area contributed by atoms with Crippen molar-refractivity contribution in [3.8, 4) is 11.5 Å². The van der Waals surface area contributed by atoms with E-state index in [1.807, 2.05) is 12.1 Å². The summed E-state index contributed by atoms with van der Waals surface area (Å²) in [4.78, 5) is 0. The van der Waals surface area contributed by atoms with E-state index in [2.05, 4.69) is 52.9 Å². The molecule has 1 heterocycles. The van der Waals surface area contributed by atoms with E-state index < -0.39 is 0 Å². The lowest BCUT2D eigenvalue weighted by Crippen LogP contribution is -2.39. The number of ether oxygens (including phenoxy) is 2. The van der Waals surface area contributed by atoms with Gasteiger partial charge < -0.3 is 14.8 Å². The molecule has 3 nitrogen and oxygen atoms in total. The molecule has 0 aliphatic carbocycles. The summed E-state index contributed by atoms with van der Waals surface area (Å²) in [5.74, 6) is 2.62. The average Bonchev–Trinajstić information content (AvgIpc) is 2.37. The zero-order valence-corrected chi connectivity index (χ0v) is 14.9. The van der Waals surface area contributed by atoms with Gasteiger partial charge >= 0.3 is 0 Å². The van der Waals surface area contributed by atoms with E-state index in [-0.39, 0.29) is 11.7 Å². The fourth-order valence-electron chi connectivity index (χ4n) is 2.91. The van der Waals surface area contributed by atoms with Crippen molar-refractivity contribution in [1.82, 2.24) is 5.32 Å². The van der Waals surface area contributed by atoms with E-state index >= 15 is 0 Å². The van der Waals surface area contributed by atoms with Crippen molar-refractivity contribution >= 4 is 0 Å². The highest BCUT2D eigenvalue weighted by Gasteiger charge is 2.33. The van der Waals surface area contributed by atoms with E-state index in [9.17, 15) is 0 Å². The second-order valence-electron chi connectivity index (χ2n) is 7.62. The molecular weight excluding hydrogens is 274 g/mol. The fraction of sp³-hybridized carbons (Fsp3) is 0.684. The lowest BCUT2D eigenvalue weighted by molar-refractivity contribution is 0.0655. The molecule has 0 aromatic heterocycles. The third-order valence-electron chi connectivity index (χ3n) is 3.92. The zero-order chi connectivity index (χ0) is 16.3. The first-order chi connectivity index (χ1) is 10.3. The maximum Gasteiger partial charge on any atom is 0.125 e. The molecule has 22 heavy (non-hydrogen) atoms. The maximum atomic E-state index is 6.14. The smallest absolute Gasteiger partial charge is 0.125 e. The van der Waals surface area contributed by atoms with Gasteiger partial charge in [0.1, 0.15) is 17.1 Å². The molecule has 0 radical (unpaired) electrons. The van der Waals surface area contributed by atoms with Gasteiger partial charge in [-0.05, 0) is 64.8 Å². The second-order valence-corrected chi connectivity index (χ2v) is 7.62. The molecule has 3 heteroatoms. The van der Waals surface area contributed by atoms with Crippen LogP contribution in [0, 0.1) is 5.92 Å². The van der Waals surface area contributed by atoms with Gasteiger partial charge in [0, 0.05) is 18.0 Å². The minimum atomic E-state index is -0.136. The molecule has 0 amide bonds. The number of fused-ring (bicyclic) bond motifs is 1. The number of nitrogens with one attached hydrogen (secondary N) is 1. The molecule has 1 unspecified atom stereocenters. The second kappa shape index (κ2) is 6.91. The van der Waals surface area contributed by atoms with Gasteiger partial charge in [0.05, 0.1) is 6.10 Å². The van der Waals surface area contributed by atoms with Crippen molar-refractivity contribution in [3.63, 3.8) is 0 Å². The SMILES string of the molecule is CC(C)CCNC1CC(C)(C)Oc2ccc(OC(C)C)cc21. The van der Waals surface area contributed by atoms with Gasteiger partial charge in [0.25, 0.3) is 0 Å². The summed E-state index contributed by atoms with van der Waals surface area (Å²) in [7, 11) is 0. The summed E-state index contributed by atoms with van der Waals surface area (Å²) in [5.41, 5.74) is 1.09. The van der Waals surface area contributed by atoms with Crippen molar-refractivity contribution in [2.24, 2.45) is 5.92 Å². The van der Waals surface area contributed by atoms with E-state index in [0.717, 1.165) is 30.4 Å². The predicted molar refractivity (Wildman–Crippen MR) is 91.7 cm³/mol. The molecule has 2 rings (SSSR count). The Balaban J connectivity index is 2.19. The van der Waals surface area contributed by atoms with Gasteiger partial charge in [-0.15, -0.1) is 0 Å². The number of hydrogen-bond donors (Lipinski definition) is 1. The van der Waals surface area contributed by atoms with Crippen LogP contribution >= 0.6 is 0 Å². The Morgan fingerprint density at radius 3 is 2.64 bits per heavy atom. The Morgan fingerprint density at radius 1 is 1.27 bits per heavy atom. The molecule has 0 spiro atoms. The van der Waals surface area contributed by atoms with Crippen LogP contribution in [0.2, 0.25) is 0 Å². The van der Waals surface area contributed by atoms with Gasteiger partial charge in [-0.3, -0.25) is 0 Å². The quantitative estimate of drug-likeness (QED) is 0.825. The fourth-order valence-corrected chi connectivity index (χ4v) is 2.91. The van der Waals surface area contributed by atoms with Crippen LogP contribution in [0.4, 0.5) is 0 Å². The molecule has 1 aromatic rings. The standard InChI is InChI=1S/C19H31NO2/c1-13(2)9-10-20-17-12-19(5,6)22-18-8-7-15(11-16(17)18)21-14(3)4/h7-8,11,13-14,17,20H,9-10,12H2,1-6H3. The van der Waals surface area contributed by atoms with Crippen LogP contribution in [0.25, 0.3) is 0 Å². The van der Waals surface area contributed by atoms with E-state index in [1.165, 1.54) is 12.0 Å². The summed E-state index contributed by atoms with van der Waals surface area (Å²) < 4.78 is 12.0. The summed E-state index contributed by atoms with van der Waals surface area (Å²) in [6.45, 7) is 14.0. The highest BCUT2D eigenvalue weighted by molar-refractivity contribution is 5.44.